The minimum atomic E-state index is -4.66. The highest BCUT2D eigenvalue weighted by Crippen LogP contribution is 2.38. The molecule has 0 saturated carbocycles. The number of carbonyl (C=O) groups excluding carboxylic acids is 1. The van der Waals surface area contributed by atoms with E-state index in [2.05, 4.69) is 0 Å². The van der Waals surface area contributed by atoms with Crippen molar-refractivity contribution >= 4 is 28.2 Å². The first kappa shape index (κ1) is 20.6. The van der Waals surface area contributed by atoms with Gasteiger partial charge in [0.25, 0.3) is 0 Å². The van der Waals surface area contributed by atoms with Gasteiger partial charge in [-0.25, -0.2) is 9.18 Å². The first-order chi connectivity index (χ1) is 14.7. The Morgan fingerprint density at radius 2 is 1.87 bits per heavy atom. The zero-order valence-corrected chi connectivity index (χ0v) is 15.9. The Kier molecular flexibility index (Phi) is 5.00. The summed E-state index contributed by atoms with van der Waals surface area (Å²) in [5.74, 6) is -2.42. The van der Waals surface area contributed by atoms with E-state index >= 15 is 0 Å². The number of alkyl halides is 3. The van der Waals surface area contributed by atoms with E-state index in [1.807, 2.05) is 0 Å². The van der Waals surface area contributed by atoms with Crippen LogP contribution in [0.3, 0.4) is 0 Å². The van der Waals surface area contributed by atoms with Gasteiger partial charge in [0.05, 0.1) is 12.1 Å². The van der Waals surface area contributed by atoms with Crippen molar-refractivity contribution in [3.8, 4) is 0 Å². The number of rotatable bonds is 4. The van der Waals surface area contributed by atoms with Crippen LogP contribution in [0.5, 0.6) is 0 Å². The molecule has 0 saturated heterocycles. The monoisotopic (exact) mass is 429 g/mol. The van der Waals surface area contributed by atoms with Crippen LogP contribution in [0.4, 0.5) is 17.6 Å². The Morgan fingerprint density at radius 1 is 1.13 bits per heavy atom. The number of aromatic carboxylic acids is 1. The van der Waals surface area contributed by atoms with Crippen molar-refractivity contribution in [2.75, 3.05) is 0 Å². The van der Waals surface area contributed by atoms with Gasteiger partial charge in [0.2, 0.25) is 0 Å². The van der Waals surface area contributed by atoms with E-state index in [9.17, 15) is 32.3 Å². The maximum Gasteiger partial charge on any atom is 0.416 e. The minimum absolute atomic E-state index is 0.00381. The molecule has 1 aliphatic rings. The Morgan fingerprint density at radius 3 is 2.52 bits per heavy atom. The number of carboxylic acids is 1. The van der Waals surface area contributed by atoms with E-state index in [1.54, 1.807) is 18.2 Å². The number of nitrogens with zero attached hydrogens (tertiary/aromatic N) is 1. The van der Waals surface area contributed by atoms with Crippen LogP contribution < -0.4 is 0 Å². The Bertz CT molecular complexity index is 1280. The SMILES string of the molecule is O=C1CC=CC=C1c1c(C(=O)O)n(Cc2ccccc2F)c2ccc(C(F)(F)F)cc12. The Hall–Kier alpha value is -3.68. The number of fused-ring (bicyclic) bond motifs is 1. The number of hydrogen-bond acceptors (Lipinski definition) is 2. The van der Waals surface area contributed by atoms with Crippen LogP contribution in [0.2, 0.25) is 0 Å². The van der Waals surface area contributed by atoms with E-state index < -0.39 is 29.3 Å². The first-order valence-electron chi connectivity index (χ1n) is 9.29. The van der Waals surface area contributed by atoms with Crippen LogP contribution in [0.15, 0.2) is 60.7 Å². The number of halogens is 4. The molecular formula is C23H15F4NO3. The maximum absolute atomic E-state index is 14.3. The van der Waals surface area contributed by atoms with Gasteiger partial charge in [-0.15, -0.1) is 0 Å². The molecule has 1 aliphatic carbocycles. The number of allylic oxidation sites excluding steroid dienone is 4. The quantitative estimate of drug-likeness (QED) is 0.561. The zero-order valence-electron chi connectivity index (χ0n) is 15.9. The van der Waals surface area contributed by atoms with E-state index in [4.69, 9.17) is 0 Å². The van der Waals surface area contributed by atoms with E-state index in [-0.39, 0.29) is 46.3 Å². The van der Waals surface area contributed by atoms with Crippen molar-refractivity contribution < 1.29 is 32.3 Å². The van der Waals surface area contributed by atoms with Crippen molar-refractivity contribution in [1.82, 2.24) is 4.57 Å². The fraction of sp³-hybridized carbons (Fsp3) is 0.130. The fourth-order valence-corrected chi connectivity index (χ4v) is 3.75. The lowest BCUT2D eigenvalue weighted by atomic mass is 9.93. The molecule has 0 unspecified atom stereocenters. The van der Waals surface area contributed by atoms with Gasteiger partial charge >= 0.3 is 12.1 Å². The second-order valence-electron chi connectivity index (χ2n) is 7.07. The van der Waals surface area contributed by atoms with Gasteiger partial charge in [0, 0.05) is 34.0 Å². The molecule has 0 amide bonds. The molecule has 0 spiro atoms. The first-order valence-corrected chi connectivity index (χ1v) is 9.29. The number of benzene rings is 2. The molecule has 1 N–H and O–H groups in total. The number of hydrogen-bond donors (Lipinski definition) is 1. The molecule has 3 aromatic rings. The average Bonchev–Trinajstić information content (AvgIpc) is 3.03. The highest BCUT2D eigenvalue weighted by atomic mass is 19.4. The van der Waals surface area contributed by atoms with Crippen LogP contribution >= 0.6 is 0 Å². The molecule has 0 aliphatic heterocycles. The van der Waals surface area contributed by atoms with Gasteiger partial charge in [0.15, 0.2) is 5.78 Å². The Balaban J connectivity index is 2.07. The third-order valence-corrected chi connectivity index (χ3v) is 5.15. The lowest BCUT2D eigenvalue weighted by molar-refractivity contribution is -0.137. The van der Waals surface area contributed by atoms with E-state index in [0.717, 1.165) is 18.2 Å². The smallest absolute Gasteiger partial charge is 0.416 e. The molecule has 0 radical (unpaired) electrons. The summed E-state index contributed by atoms with van der Waals surface area (Å²) in [5.41, 5.74) is -1.10. The summed E-state index contributed by atoms with van der Waals surface area (Å²) in [6.07, 6.45) is -0.139. The lowest BCUT2D eigenvalue weighted by Crippen LogP contribution is -2.14. The second kappa shape index (κ2) is 7.54. The fourth-order valence-electron chi connectivity index (χ4n) is 3.75. The number of carbonyl (C=O) groups is 2. The zero-order chi connectivity index (χ0) is 22.3. The molecule has 8 heteroatoms. The second-order valence-corrected chi connectivity index (χ2v) is 7.07. The normalized spacial score (nSPS) is 14.2. The summed E-state index contributed by atoms with van der Waals surface area (Å²) in [7, 11) is 0. The largest absolute Gasteiger partial charge is 0.477 e. The molecule has 0 bridgehead atoms. The minimum Gasteiger partial charge on any atom is -0.477 e. The molecule has 4 nitrogen and oxygen atoms in total. The molecule has 2 aromatic carbocycles. The van der Waals surface area contributed by atoms with Gasteiger partial charge in [-0.05, 0) is 24.3 Å². The van der Waals surface area contributed by atoms with Gasteiger partial charge in [-0.3, -0.25) is 4.79 Å². The molecule has 1 aromatic heterocycles. The number of ketones is 1. The van der Waals surface area contributed by atoms with Crippen LogP contribution in [0, 0.1) is 5.82 Å². The summed E-state index contributed by atoms with van der Waals surface area (Å²) >= 11 is 0. The summed E-state index contributed by atoms with van der Waals surface area (Å²) in [6, 6.07) is 8.55. The summed E-state index contributed by atoms with van der Waals surface area (Å²) in [4.78, 5) is 24.7. The number of carboxylic acid groups (broad SMARTS) is 1. The van der Waals surface area contributed by atoms with Crippen molar-refractivity contribution in [3.63, 3.8) is 0 Å². The standard InChI is InChI=1S/C23H15F4NO3/c24-17-7-3-1-5-13(17)12-28-18-10-9-14(23(25,26)27)11-16(18)20(21(28)22(30)31)15-6-2-4-8-19(15)29/h1-7,9-11H,8,12H2,(H,30,31). The summed E-state index contributed by atoms with van der Waals surface area (Å²) in [5, 5.41) is 9.92. The van der Waals surface area contributed by atoms with E-state index in [0.29, 0.717) is 0 Å². The van der Waals surface area contributed by atoms with Crippen LogP contribution in [0.1, 0.15) is 33.6 Å². The van der Waals surface area contributed by atoms with Gasteiger partial charge < -0.3 is 9.67 Å². The Labute approximate surface area is 173 Å². The molecule has 31 heavy (non-hydrogen) atoms. The van der Waals surface area contributed by atoms with Crippen molar-refractivity contribution in [1.29, 1.82) is 0 Å². The van der Waals surface area contributed by atoms with Crippen molar-refractivity contribution in [3.05, 3.63) is 88.9 Å². The molecule has 1 heterocycles. The number of aromatic nitrogens is 1. The van der Waals surface area contributed by atoms with Gasteiger partial charge in [-0.1, -0.05) is 36.4 Å². The topological polar surface area (TPSA) is 59.3 Å². The third kappa shape index (κ3) is 3.65. The van der Waals surface area contributed by atoms with Crippen LogP contribution in [0.25, 0.3) is 16.5 Å². The predicted molar refractivity (Wildman–Crippen MR) is 106 cm³/mol. The highest BCUT2D eigenvalue weighted by molar-refractivity contribution is 6.27. The molecule has 0 fully saturated rings. The number of Topliss-reactive ketones (excluding diaryl/α,β-unsaturated/α-hetero) is 1. The molecule has 158 valence electrons. The van der Waals surface area contributed by atoms with Crippen LogP contribution in [-0.2, 0) is 17.5 Å². The van der Waals surface area contributed by atoms with Crippen LogP contribution in [-0.4, -0.2) is 21.4 Å². The molecule has 4 rings (SSSR count). The summed E-state index contributed by atoms with van der Waals surface area (Å²) in [6.45, 7) is -0.229. The average molecular weight is 429 g/mol. The van der Waals surface area contributed by atoms with Gasteiger partial charge in [-0.2, -0.15) is 13.2 Å². The summed E-state index contributed by atoms with van der Waals surface area (Å²) < 4.78 is 55.6. The molecular weight excluding hydrogens is 414 g/mol. The van der Waals surface area contributed by atoms with E-state index in [1.165, 1.54) is 28.8 Å². The van der Waals surface area contributed by atoms with Gasteiger partial charge in [0.1, 0.15) is 11.5 Å². The predicted octanol–water partition coefficient (Wildman–Crippen LogP) is 5.46. The highest BCUT2D eigenvalue weighted by Gasteiger charge is 2.33. The van der Waals surface area contributed by atoms with Crippen molar-refractivity contribution in [2.45, 2.75) is 19.1 Å². The maximum atomic E-state index is 14.3. The lowest BCUT2D eigenvalue weighted by Gasteiger charge is -2.12. The third-order valence-electron chi connectivity index (χ3n) is 5.15. The van der Waals surface area contributed by atoms with Crippen molar-refractivity contribution in [2.24, 2.45) is 0 Å². The molecule has 0 atom stereocenters.